The van der Waals surface area contributed by atoms with Crippen LogP contribution in [0.5, 0.6) is 0 Å². The molecule has 3 N–H and O–H groups in total. The van der Waals surface area contributed by atoms with E-state index in [1.54, 1.807) is 29.5 Å². The van der Waals surface area contributed by atoms with Gasteiger partial charge in [0.2, 0.25) is 11.8 Å². The maximum atomic E-state index is 13.1. The smallest absolute Gasteiger partial charge is 0.262 e. The average Bonchev–Trinajstić information content (AvgIpc) is 3.23. The van der Waals surface area contributed by atoms with Gasteiger partial charge in [-0.3, -0.25) is 29.4 Å². The Labute approximate surface area is 175 Å². The Morgan fingerprint density at radius 3 is 2.73 bits per heavy atom. The van der Waals surface area contributed by atoms with E-state index in [0.717, 1.165) is 23.1 Å². The van der Waals surface area contributed by atoms with Crippen molar-refractivity contribution in [1.82, 2.24) is 20.5 Å². The maximum absolute atomic E-state index is 13.1. The summed E-state index contributed by atoms with van der Waals surface area (Å²) in [5.74, 6) is -1.50. The van der Waals surface area contributed by atoms with Gasteiger partial charge in [-0.05, 0) is 18.1 Å². The van der Waals surface area contributed by atoms with Crippen LogP contribution >= 0.6 is 11.3 Å². The van der Waals surface area contributed by atoms with Gasteiger partial charge in [0.05, 0.1) is 11.1 Å². The molecule has 154 valence electrons. The van der Waals surface area contributed by atoms with Gasteiger partial charge in [-0.15, -0.1) is 11.3 Å². The minimum atomic E-state index is -0.964. The van der Waals surface area contributed by atoms with E-state index >= 15 is 0 Å². The average molecular weight is 425 g/mol. The lowest BCUT2D eigenvalue weighted by molar-refractivity contribution is -0.136. The fourth-order valence-corrected chi connectivity index (χ4v) is 4.86. The number of imide groups is 2. The van der Waals surface area contributed by atoms with Crippen LogP contribution in [-0.2, 0) is 16.1 Å². The van der Waals surface area contributed by atoms with Gasteiger partial charge in [0, 0.05) is 43.0 Å². The number of hydrogen-bond donors (Lipinski definition) is 3. The molecular formula is C20H19N5O4S. The van der Waals surface area contributed by atoms with E-state index in [1.165, 1.54) is 4.88 Å². The highest BCUT2D eigenvalue weighted by atomic mass is 32.1. The van der Waals surface area contributed by atoms with Gasteiger partial charge in [0.25, 0.3) is 11.8 Å². The van der Waals surface area contributed by atoms with Crippen molar-refractivity contribution in [1.29, 1.82) is 0 Å². The SMILES string of the molecule is O=C1CCC(N2C(=O)c3cccc(CNc4ncc(C5CNC5)s4)c3C2=O)C(=O)N1. The van der Waals surface area contributed by atoms with Crippen LogP contribution in [0.15, 0.2) is 24.4 Å². The van der Waals surface area contributed by atoms with Gasteiger partial charge >= 0.3 is 0 Å². The van der Waals surface area contributed by atoms with Gasteiger partial charge in [-0.2, -0.15) is 0 Å². The normalized spacial score (nSPS) is 21.5. The fraction of sp³-hybridized carbons (Fsp3) is 0.350. The predicted octanol–water partition coefficient (Wildman–Crippen LogP) is 0.843. The summed E-state index contributed by atoms with van der Waals surface area (Å²) in [6.45, 7) is 2.25. The molecule has 2 fully saturated rings. The molecule has 4 amide bonds. The van der Waals surface area contributed by atoms with E-state index in [1.807, 2.05) is 6.20 Å². The van der Waals surface area contributed by atoms with E-state index in [-0.39, 0.29) is 18.4 Å². The van der Waals surface area contributed by atoms with Crippen LogP contribution in [0.1, 0.15) is 49.9 Å². The third-order valence-corrected chi connectivity index (χ3v) is 6.81. The number of benzene rings is 1. The number of nitrogens with zero attached hydrogens (tertiary/aromatic N) is 2. The summed E-state index contributed by atoms with van der Waals surface area (Å²) in [6, 6.07) is 4.14. The number of nitrogens with one attached hydrogen (secondary N) is 3. The van der Waals surface area contributed by atoms with Crippen molar-refractivity contribution in [2.24, 2.45) is 0 Å². The van der Waals surface area contributed by atoms with Gasteiger partial charge < -0.3 is 10.6 Å². The monoisotopic (exact) mass is 425 g/mol. The number of carbonyl (C=O) groups is 4. The highest BCUT2D eigenvalue weighted by Crippen LogP contribution is 2.32. The molecule has 3 aliphatic rings. The number of hydrogen-bond acceptors (Lipinski definition) is 8. The number of thiazole rings is 1. The lowest BCUT2D eigenvalue weighted by atomic mass is 10.0. The Morgan fingerprint density at radius 1 is 1.17 bits per heavy atom. The topological polar surface area (TPSA) is 120 Å². The Kier molecular flexibility index (Phi) is 4.59. The summed E-state index contributed by atoms with van der Waals surface area (Å²) in [5.41, 5.74) is 1.26. The van der Waals surface area contributed by atoms with Crippen molar-refractivity contribution < 1.29 is 19.2 Å². The van der Waals surface area contributed by atoms with Crippen LogP contribution in [0.3, 0.4) is 0 Å². The van der Waals surface area contributed by atoms with Crippen molar-refractivity contribution in [2.75, 3.05) is 18.4 Å². The van der Waals surface area contributed by atoms with Crippen LogP contribution in [0.2, 0.25) is 0 Å². The predicted molar refractivity (Wildman–Crippen MR) is 108 cm³/mol. The van der Waals surface area contributed by atoms with E-state index in [0.29, 0.717) is 23.6 Å². The number of rotatable bonds is 5. The molecule has 0 aliphatic carbocycles. The maximum Gasteiger partial charge on any atom is 0.262 e. The number of piperidine rings is 1. The number of anilines is 1. The van der Waals surface area contributed by atoms with Crippen LogP contribution < -0.4 is 16.0 Å². The molecule has 1 aromatic heterocycles. The molecule has 0 bridgehead atoms. The highest BCUT2D eigenvalue weighted by Gasteiger charge is 2.45. The van der Waals surface area contributed by atoms with Crippen LogP contribution in [0, 0.1) is 0 Å². The van der Waals surface area contributed by atoms with E-state index in [2.05, 4.69) is 20.9 Å². The molecule has 2 aromatic rings. The molecule has 3 aliphatic heterocycles. The quantitative estimate of drug-likeness (QED) is 0.607. The minimum Gasteiger partial charge on any atom is -0.357 e. The zero-order chi connectivity index (χ0) is 20.8. The molecule has 10 heteroatoms. The Hall–Kier alpha value is -3.11. The zero-order valence-corrected chi connectivity index (χ0v) is 16.8. The third kappa shape index (κ3) is 3.08. The summed E-state index contributed by atoms with van der Waals surface area (Å²) in [7, 11) is 0. The largest absolute Gasteiger partial charge is 0.357 e. The van der Waals surface area contributed by atoms with E-state index in [9.17, 15) is 19.2 Å². The molecule has 9 nitrogen and oxygen atoms in total. The van der Waals surface area contributed by atoms with Crippen molar-refractivity contribution in [3.63, 3.8) is 0 Å². The standard InChI is InChI=1S/C20H19N5O4S/c26-15-5-4-13(17(27)24-15)25-18(28)12-3-1-2-10(16(12)19(25)29)8-22-20-23-9-14(30-20)11-6-21-7-11/h1-3,9,11,13,21H,4-8H2,(H,22,23)(H,24,26,27). The zero-order valence-electron chi connectivity index (χ0n) is 15.9. The van der Waals surface area contributed by atoms with E-state index < -0.39 is 29.7 Å². The first kappa shape index (κ1) is 18.9. The number of fused-ring (bicyclic) bond motifs is 1. The van der Waals surface area contributed by atoms with E-state index in [4.69, 9.17) is 0 Å². The summed E-state index contributed by atoms with van der Waals surface area (Å²) in [5, 5.41) is 9.44. The van der Waals surface area contributed by atoms with Gasteiger partial charge in [0.1, 0.15) is 6.04 Å². The van der Waals surface area contributed by atoms with Crippen molar-refractivity contribution in [3.8, 4) is 0 Å². The Balaban J connectivity index is 1.36. The summed E-state index contributed by atoms with van der Waals surface area (Å²) in [4.78, 5) is 56.2. The first-order valence-corrected chi connectivity index (χ1v) is 10.6. The minimum absolute atomic E-state index is 0.0983. The molecule has 5 rings (SSSR count). The fourth-order valence-electron chi connectivity index (χ4n) is 3.95. The Morgan fingerprint density at radius 2 is 2.00 bits per heavy atom. The molecule has 0 saturated carbocycles. The second kappa shape index (κ2) is 7.29. The van der Waals surface area contributed by atoms with Crippen LogP contribution in [-0.4, -0.2) is 52.6 Å². The number of carbonyl (C=O) groups excluding carboxylic acids is 4. The molecule has 0 radical (unpaired) electrons. The lowest BCUT2D eigenvalue weighted by Crippen LogP contribution is -2.54. The summed E-state index contributed by atoms with van der Waals surface area (Å²) >= 11 is 1.59. The van der Waals surface area contributed by atoms with Crippen molar-refractivity contribution in [2.45, 2.75) is 31.3 Å². The second-order valence-electron chi connectivity index (χ2n) is 7.56. The van der Waals surface area contributed by atoms with Gasteiger partial charge in [-0.25, -0.2) is 4.98 Å². The molecule has 2 saturated heterocycles. The number of amides is 4. The molecule has 1 atom stereocenters. The molecule has 1 unspecified atom stereocenters. The molecule has 0 spiro atoms. The van der Waals surface area contributed by atoms with Crippen molar-refractivity contribution >= 4 is 40.1 Å². The third-order valence-electron chi connectivity index (χ3n) is 5.69. The summed E-state index contributed by atoms with van der Waals surface area (Å²) < 4.78 is 0. The second-order valence-corrected chi connectivity index (χ2v) is 8.63. The van der Waals surface area contributed by atoms with Gasteiger partial charge in [0.15, 0.2) is 5.13 Å². The van der Waals surface area contributed by atoms with Crippen LogP contribution in [0.4, 0.5) is 5.13 Å². The van der Waals surface area contributed by atoms with Gasteiger partial charge in [-0.1, -0.05) is 12.1 Å². The molecular weight excluding hydrogens is 406 g/mol. The Bertz CT molecular complexity index is 1080. The van der Waals surface area contributed by atoms with Crippen molar-refractivity contribution in [3.05, 3.63) is 46.0 Å². The lowest BCUT2D eigenvalue weighted by Gasteiger charge is -2.27. The summed E-state index contributed by atoms with van der Waals surface area (Å²) in [6.07, 6.45) is 2.11. The highest BCUT2D eigenvalue weighted by molar-refractivity contribution is 7.15. The first-order valence-electron chi connectivity index (χ1n) is 9.76. The molecule has 30 heavy (non-hydrogen) atoms. The molecule has 1 aromatic carbocycles. The molecule has 4 heterocycles. The first-order chi connectivity index (χ1) is 14.5. The van der Waals surface area contributed by atoms with Crippen LogP contribution in [0.25, 0.3) is 0 Å². The number of aromatic nitrogens is 1.